The zero-order chi connectivity index (χ0) is 10.3. The number of aromatic nitrogens is 1. The zero-order valence-corrected chi connectivity index (χ0v) is 7.81. The molecule has 3 nitrogen and oxygen atoms in total. The van der Waals surface area contributed by atoms with Crippen molar-refractivity contribution in [3.63, 3.8) is 0 Å². The van der Waals surface area contributed by atoms with Crippen LogP contribution in [0.4, 0.5) is 0 Å². The summed E-state index contributed by atoms with van der Waals surface area (Å²) in [6, 6.07) is 12.4. The fourth-order valence-corrected chi connectivity index (χ4v) is 1.64. The maximum atomic E-state index is 11.3. The Kier molecular flexibility index (Phi) is 1.59. The summed E-state index contributed by atoms with van der Waals surface area (Å²) in [6.45, 7) is 0. The van der Waals surface area contributed by atoms with E-state index in [-0.39, 0.29) is 5.56 Å². The van der Waals surface area contributed by atoms with Gasteiger partial charge in [0, 0.05) is 11.5 Å². The molecule has 0 aliphatic carbocycles. The van der Waals surface area contributed by atoms with Crippen molar-refractivity contribution in [3.05, 3.63) is 52.8 Å². The third-order valence-corrected chi connectivity index (χ3v) is 2.30. The second-order valence-corrected chi connectivity index (χ2v) is 3.29. The lowest BCUT2D eigenvalue weighted by atomic mass is 10.2. The maximum absolute atomic E-state index is 11.3. The van der Waals surface area contributed by atoms with Crippen molar-refractivity contribution < 1.29 is 4.42 Å². The van der Waals surface area contributed by atoms with E-state index in [9.17, 15) is 4.79 Å². The van der Waals surface area contributed by atoms with Crippen LogP contribution in [0.2, 0.25) is 0 Å². The minimum Gasteiger partial charge on any atom is -0.454 e. The van der Waals surface area contributed by atoms with Crippen molar-refractivity contribution in [1.82, 2.24) is 4.98 Å². The van der Waals surface area contributed by atoms with Crippen molar-refractivity contribution in [2.45, 2.75) is 0 Å². The Morgan fingerprint density at radius 1 is 0.933 bits per heavy atom. The molecular weight excluding hydrogens is 190 g/mol. The van der Waals surface area contributed by atoms with Crippen LogP contribution in [-0.4, -0.2) is 4.98 Å². The van der Waals surface area contributed by atoms with Crippen molar-refractivity contribution in [2.75, 3.05) is 0 Å². The van der Waals surface area contributed by atoms with E-state index >= 15 is 0 Å². The van der Waals surface area contributed by atoms with E-state index in [1.165, 1.54) is 6.07 Å². The van der Waals surface area contributed by atoms with Gasteiger partial charge >= 0.3 is 0 Å². The van der Waals surface area contributed by atoms with E-state index < -0.39 is 0 Å². The molecule has 2 heterocycles. The molecule has 0 aliphatic rings. The molecule has 0 amide bonds. The molecule has 0 atom stereocenters. The Labute approximate surface area is 85.0 Å². The summed E-state index contributed by atoms with van der Waals surface area (Å²) >= 11 is 0. The molecule has 0 saturated heterocycles. The van der Waals surface area contributed by atoms with Crippen LogP contribution in [0.15, 0.2) is 51.7 Å². The predicted molar refractivity (Wildman–Crippen MR) is 57.8 cm³/mol. The lowest BCUT2D eigenvalue weighted by Gasteiger charge is -1.83. The standard InChI is InChI=1S/C12H7NO2/c14-11-7-3-6-10-12(13-11)8-4-1-2-5-9(8)15-10/h1-7H. The Balaban J connectivity index is 2.65. The van der Waals surface area contributed by atoms with Gasteiger partial charge in [-0.1, -0.05) is 18.2 Å². The lowest BCUT2D eigenvalue weighted by Crippen LogP contribution is -1.97. The predicted octanol–water partition coefficient (Wildman–Crippen LogP) is 2.34. The fourth-order valence-electron chi connectivity index (χ4n) is 1.64. The fraction of sp³-hybridized carbons (Fsp3) is 0. The Bertz CT molecular complexity index is 700. The van der Waals surface area contributed by atoms with Gasteiger partial charge in [-0.2, -0.15) is 0 Å². The molecule has 15 heavy (non-hydrogen) atoms. The first-order valence-corrected chi connectivity index (χ1v) is 4.63. The third-order valence-electron chi connectivity index (χ3n) is 2.30. The molecule has 0 aliphatic heterocycles. The first-order chi connectivity index (χ1) is 7.34. The van der Waals surface area contributed by atoms with Gasteiger partial charge in [0.25, 0.3) is 5.56 Å². The summed E-state index contributed by atoms with van der Waals surface area (Å²) in [4.78, 5) is 15.2. The minimum absolute atomic E-state index is 0.253. The summed E-state index contributed by atoms with van der Waals surface area (Å²) in [5, 5.41) is 0.876. The number of benzene rings is 1. The molecular formula is C12H7NO2. The quantitative estimate of drug-likeness (QED) is 0.555. The largest absolute Gasteiger partial charge is 0.454 e. The SMILES string of the molecule is O=c1cccc2oc3ccccc3c2n1. The lowest BCUT2D eigenvalue weighted by molar-refractivity contribution is 0.668. The van der Waals surface area contributed by atoms with Crippen LogP contribution >= 0.6 is 0 Å². The van der Waals surface area contributed by atoms with E-state index in [1.54, 1.807) is 12.1 Å². The zero-order valence-electron chi connectivity index (χ0n) is 7.81. The highest BCUT2D eigenvalue weighted by molar-refractivity contribution is 6.01. The van der Waals surface area contributed by atoms with Crippen LogP contribution in [0.1, 0.15) is 0 Å². The molecule has 2 aromatic heterocycles. The van der Waals surface area contributed by atoms with Crippen LogP contribution in [0, 0.1) is 0 Å². The molecule has 0 unspecified atom stereocenters. The van der Waals surface area contributed by atoms with Gasteiger partial charge in [-0.05, 0) is 18.2 Å². The smallest absolute Gasteiger partial charge is 0.270 e. The number of para-hydroxylation sites is 1. The summed E-state index contributed by atoms with van der Waals surface area (Å²) in [7, 11) is 0. The molecule has 3 heteroatoms. The first kappa shape index (κ1) is 8.17. The number of fused-ring (bicyclic) bond motifs is 3. The Morgan fingerprint density at radius 3 is 2.67 bits per heavy atom. The number of hydrogen-bond donors (Lipinski definition) is 0. The average molecular weight is 197 g/mol. The van der Waals surface area contributed by atoms with Gasteiger partial charge in [0.1, 0.15) is 11.1 Å². The third kappa shape index (κ3) is 1.21. The maximum Gasteiger partial charge on any atom is 0.270 e. The highest BCUT2D eigenvalue weighted by Gasteiger charge is 2.05. The molecule has 0 N–H and O–H groups in total. The summed E-state index contributed by atoms with van der Waals surface area (Å²) in [6.07, 6.45) is 0. The summed E-state index contributed by atoms with van der Waals surface area (Å²) in [5.41, 5.74) is 1.76. The summed E-state index contributed by atoms with van der Waals surface area (Å²) in [5.74, 6) is 0. The Morgan fingerprint density at radius 2 is 1.73 bits per heavy atom. The van der Waals surface area contributed by atoms with E-state index in [1.807, 2.05) is 24.3 Å². The van der Waals surface area contributed by atoms with Crippen molar-refractivity contribution in [2.24, 2.45) is 0 Å². The molecule has 0 bridgehead atoms. The first-order valence-electron chi connectivity index (χ1n) is 4.63. The molecule has 3 rings (SSSR count). The van der Waals surface area contributed by atoms with Crippen LogP contribution in [0.5, 0.6) is 0 Å². The van der Waals surface area contributed by atoms with E-state index in [0.717, 1.165) is 11.0 Å². The summed E-state index contributed by atoms with van der Waals surface area (Å²) < 4.78 is 5.57. The number of furan rings is 1. The minimum atomic E-state index is -0.253. The van der Waals surface area contributed by atoms with Crippen molar-refractivity contribution in [3.8, 4) is 0 Å². The van der Waals surface area contributed by atoms with Gasteiger partial charge in [-0.3, -0.25) is 4.79 Å². The second-order valence-electron chi connectivity index (χ2n) is 3.29. The van der Waals surface area contributed by atoms with E-state index in [4.69, 9.17) is 4.42 Å². The van der Waals surface area contributed by atoms with Crippen LogP contribution in [-0.2, 0) is 0 Å². The van der Waals surface area contributed by atoms with E-state index in [0.29, 0.717) is 11.1 Å². The topological polar surface area (TPSA) is 43.1 Å². The highest BCUT2D eigenvalue weighted by Crippen LogP contribution is 2.24. The van der Waals surface area contributed by atoms with Gasteiger partial charge in [0.15, 0.2) is 5.58 Å². The molecule has 0 spiro atoms. The second kappa shape index (κ2) is 2.92. The van der Waals surface area contributed by atoms with Gasteiger partial charge < -0.3 is 4.42 Å². The number of hydrogen-bond acceptors (Lipinski definition) is 3. The van der Waals surface area contributed by atoms with Gasteiger partial charge in [-0.15, -0.1) is 0 Å². The van der Waals surface area contributed by atoms with Crippen molar-refractivity contribution >= 4 is 22.1 Å². The van der Waals surface area contributed by atoms with Crippen LogP contribution in [0.3, 0.4) is 0 Å². The van der Waals surface area contributed by atoms with Gasteiger partial charge in [-0.25, -0.2) is 4.98 Å². The monoisotopic (exact) mass is 197 g/mol. The van der Waals surface area contributed by atoms with E-state index in [2.05, 4.69) is 4.98 Å². The Hall–Kier alpha value is -2.16. The number of rotatable bonds is 0. The van der Waals surface area contributed by atoms with Crippen molar-refractivity contribution in [1.29, 1.82) is 0 Å². The van der Waals surface area contributed by atoms with Gasteiger partial charge in [0.05, 0.1) is 0 Å². The molecule has 1 aromatic carbocycles. The normalized spacial score (nSPS) is 10.9. The highest BCUT2D eigenvalue weighted by atomic mass is 16.3. The van der Waals surface area contributed by atoms with Crippen LogP contribution < -0.4 is 5.56 Å². The molecule has 72 valence electrons. The van der Waals surface area contributed by atoms with Gasteiger partial charge in [0.2, 0.25) is 0 Å². The van der Waals surface area contributed by atoms with Crippen LogP contribution in [0.25, 0.3) is 22.1 Å². The molecule has 0 saturated carbocycles. The molecule has 3 aromatic rings. The average Bonchev–Trinajstić information content (AvgIpc) is 2.47. The molecule has 0 radical (unpaired) electrons. The number of nitrogens with zero attached hydrogens (tertiary/aromatic N) is 1. The molecule has 0 fully saturated rings.